The number of hydrogen-bond donors (Lipinski definition) is 2. The van der Waals surface area contributed by atoms with Crippen molar-refractivity contribution in [3.8, 4) is 5.75 Å². The number of halogens is 3. The van der Waals surface area contributed by atoms with E-state index >= 15 is 0 Å². The van der Waals surface area contributed by atoms with E-state index < -0.39 is 11.7 Å². The monoisotopic (exact) mass is 233 g/mol. The Kier molecular flexibility index (Phi) is 3.80. The van der Waals surface area contributed by atoms with E-state index in [-0.39, 0.29) is 11.8 Å². The molecule has 90 valence electrons. The molecule has 0 bridgehead atoms. The molecular weight excluding hydrogens is 219 g/mol. The minimum atomic E-state index is -4.42. The minimum Gasteiger partial charge on any atom is -0.508 e. The van der Waals surface area contributed by atoms with Crippen LogP contribution in [0, 0.1) is 0 Å². The van der Waals surface area contributed by atoms with Crippen molar-refractivity contribution in [2.24, 2.45) is 0 Å². The molecule has 5 heteroatoms. The predicted octanol–water partition coefficient (Wildman–Crippen LogP) is 2.91. The molecule has 0 aliphatic heterocycles. The fourth-order valence-corrected chi connectivity index (χ4v) is 1.20. The summed E-state index contributed by atoms with van der Waals surface area (Å²) >= 11 is 0. The zero-order valence-corrected chi connectivity index (χ0v) is 9.10. The molecule has 0 fully saturated rings. The molecule has 1 rings (SSSR count). The molecular formula is C11H14F3NO. The number of alkyl halides is 3. The highest BCUT2D eigenvalue weighted by Crippen LogP contribution is 2.32. The lowest BCUT2D eigenvalue weighted by Gasteiger charge is -2.12. The molecule has 2 nitrogen and oxygen atoms in total. The second kappa shape index (κ2) is 4.74. The number of phenolic OH excluding ortho intramolecular Hbond substituents is 1. The summed E-state index contributed by atoms with van der Waals surface area (Å²) in [7, 11) is 0. The fourth-order valence-electron chi connectivity index (χ4n) is 1.20. The Labute approximate surface area is 92.1 Å². The predicted molar refractivity (Wildman–Crippen MR) is 55.1 cm³/mol. The number of nitrogens with one attached hydrogen (secondary N) is 1. The van der Waals surface area contributed by atoms with Crippen LogP contribution in [0.2, 0.25) is 0 Å². The quantitative estimate of drug-likeness (QED) is 0.841. The van der Waals surface area contributed by atoms with Gasteiger partial charge >= 0.3 is 6.18 Å². The summed E-state index contributed by atoms with van der Waals surface area (Å²) < 4.78 is 36.9. The fraction of sp³-hybridized carbons (Fsp3) is 0.455. The lowest BCUT2D eigenvalue weighted by Crippen LogP contribution is -2.21. The number of hydrogen-bond acceptors (Lipinski definition) is 2. The van der Waals surface area contributed by atoms with E-state index in [4.69, 9.17) is 0 Å². The van der Waals surface area contributed by atoms with E-state index in [0.29, 0.717) is 12.1 Å². The summed E-state index contributed by atoms with van der Waals surface area (Å²) in [6.45, 7) is 4.18. The smallest absolute Gasteiger partial charge is 0.416 e. The maximum Gasteiger partial charge on any atom is 0.416 e. The Balaban J connectivity index is 2.84. The van der Waals surface area contributed by atoms with Gasteiger partial charge in [0.15, 0.2) is 0 Å². The van der Waals surface area contributed by atoms with E-state index in [1.807, 2.05) is 13.8 Å². The van der Waals surface area contributed by atoms with Crippen LogP contribution in [0.4, 0.5) is 13.2 Å². The van der Waals surface area contributed by atoms with Gasteiger partial charge in [-0.1, -0.05) is 19.9 Å². The Morgan fingerprint density at radius 1 is 1.31 bits per heavy atom. The van der Waals surface area contributed by atoms with Crippen LogP contribution < -0.4 is 5.32 Å². The molecule has 0 spiro atoms. The molecule has 0 aromatic heterocycles. The van der Waals surface area contributed by atoms with Gasteiger partial charge < -0.3 is 10.4 Å². The van der Waals surface area contributed by atoms with Gasteiger partial charge in [0.2, 0.25) is 0 Å². The second-order valence-corrected chi connectivity index (χ2v) is 3.88. The van der Waals surface area contributed by atoms with Crippen LogP contribution >= 0.6 is 0 Å². The second-order valence-electron chi connectivity index (χ2n) is 3.88. The molecule has 0 heterocycles. The number of benzene rings is 1. The topological polar surface area (TPSA) is 32.3 Å². The van der Waals surface area contributed by atoms with Gasteiger partial charge in [0.25, 0.3) is 0 Å². The van der Waals surface area contributed by atoms with Crippen molar-refractivity contribution in [2.45, 2.75) is 32.6 Å². The lowest BCUT2D eigenvalue weighted by molar-refractivity contribution is -0.137. The Hall–Kier alpha value is -1.23. The van der Waals surface area contributed by atoms with Crippen LogP contribution in [0.1, 0.15) is 25.0 Å². The van der Waals surface area contributed by atoms with Crippen molar-refractivity contribution in [1.82, 2.24) is 5.32 Å². The van der Waals surface area contributed by atoms with Gasteiger partial charge in [-0.2, -0.15) is 13.2 Å². The van der Waals surface area contributed by atoms with Crippen LogP contribution in [0.5, 0.6) is 5.75 Å². The van der Waals surface area contributed by atoms with E-state index in [2.05, 4.69) is 5.32 Å². The Morgan fingerprint density at radius 3 is 2.38 bits per heavy atom. The summed E-state index contributed by atoms with van der Waals surface area (Å²) in [6.07, 6.45) is -4.42. The van der Waals surface area contributed by atoms with Crippen molar-refractivity contribution < 1.29 is 18.3 Å². The molecule has 0 unspecified atom stereocenters. The molecule has 1 aromatic carbocycles. The molecule has 0 amide bonds. The molecule has 0 aliphatic rings. The van der Waals surface area contributed by atoms with Gasteiger partial charge in [0.05, 0.1) is 5.56 Å². The van der Waals surface area contributed by atoms with Gasteiger partial charge in [0, 0.05) is 18.2 Å². The van der Waals surface area contributed by atoms with Gasteiger partial charge in [-0.05, 0) is 12.1 Å². The van der Waals surface area contributed by atoms with Crippen LogP contribution in [0.25, 0.3) is 0 Å². The van der Waals surface area contributed by atoms with Crippen molar-refractivity contribution in [2.75, 3.05) is 0 Å². The van der Waals surface area contributed by atoms with E-state index in [1.54, 1.807) is 0 Å². The first kappa shape index (κ1) is 12.8. The number of rotatable bonds is 3. The largest absolute Gasteiger partial charge is 0.508 e. The molecule has 0 atom stereocenters. The Bertz CT molecular complexity index is 361. The number of aromatic hydroxyl groups is 1. The van der Waals surface area contributed by atoms with Crippen LogP contribution in [0.3, 0.4) is 0 Å². The highest BCUT2D eigenvalue weighted by molar-refractivity contribution is 5.37. The molecule has 0 aliphatic carbocycles. The van der Waals surface area contributed by atoms with Crippen LogP contribution in [-0.2, 0) is 12.7 Å². The third kappa shape index (κ3) is 3.41. The van der Waals surface area contributed by atoms with Crippen LogP contribution in [0.15, 0.2) is 18.2 Å². The summed E-state index contributed by atoms with van der Waals surface area (Å²) in [5.74, 6) is -0.331. The van der Waals surface area contributed by atoms with E-state index in [9.17, 15) is 18.3 Å². The first-order chi connectivity index (χ1) is 7.30. The maximum absolute atomic E-state index is 12.3. The van der Waals surface area contributed by atoms with E-state index in [1.165, 1.54) is 6.07 Å². The minimum absolute atomic E-state index is 0.210. The molecule has 0 radical (unpaired) electrons. The van der Waals surface area contributed by atoms with Gasteiger partial charge in [-0.3, -0.25) is 0 Å². The average molecular weight is 233 g/mol. The molecule has 2 N–H and O–H groups in total. The van der Waals surface area contributed by atoms with Gasteiger partial charge in [-0.25, -0.2) is 0 Å². The average Bonchev–Trinajstić information content (AvgIpc) is 2.14. The molecule has 16 heavy (non-hydrogen) atoms. The van der Waals surface area contributed by atoms with Crippen molar-refractivity contribution in [3.05, 3.63) is 29.3 Å². The molecule has 0 saturated carbocycles. The molecule has 1 aromatic rings. The summed E-state index contributed by atoms with van der Waals surface area (Å²) in [4.78, 5) is 0. The third-order valence-electron chi connectivity index (χ3n) is 2.11. The lowest BCUT2D eigenvalue weighted by atomic mass is 10.1. The summed E-state index contributed by atoms with van der Waals surface area (Å²) in [5.41, 5.74) is -0.375. The summed E-state index contributed by atoms with van der Waals surface area (Å²) in [6, 6.07) is 3.21. The highest BCUT2D eigenvalue weighted by Gasteiger charge is 2.30. The third-order valence-corrected chi connectivity index (χ3v) is 2.11. The summed E-state index contributed by atoms with van der Waals surface area (Å²) in [5, 5.41) is 12.4. The highest BCUT2D eigenvalue weighted by atomic mass is 19.4. The van der Waals surface area contributed by atoms with Crippen molar-refractivity contribution in [3.63, 3.8) is 0 Å². The maximum atomic E-state index is 12.3. The zero-order chi connectivity index (χ0) is 12.3. The molecule has 0 saturated heterocycles. The van der Waals surface area contributed by atoms with Crippen molar-refractivity contribution >= 4 is 0 Å². The van der Waals surface area contributed by atoms with Gasteiger partial charge in [0.1, 0.15) is 5.75 Å². The normalized spacial score (nSPS) is 12.1. The standard InChI is InChI=1S/C11H14F3NO/c1-7(2)15-6-8-3-4-9(5-10(8)16)11(12,13)14/h3-5,7,15-16H,6H2,1-2H3. The number of phenols is 1. The first-order valence-corrected chi connectivity index (χ1v) is 4.93. The van der Waals surface area contributed by atoms with Crippen molar-refractivity contribution in [1.29, 1.82) is 0 Å². The first-order valence-electron chi connectivity index (χ1n) is 4.93. The Morgan fingerprint density at radius 2 is 1.94 bits per heavy atom. The van der Waals surface area contributed by atoms with E-state index in [0.717, 1.165) is 12.1 Å². The van der Waals surface area contributed by atoms with Crippen LogP contribution in [-0.4, -0.2) is 11.1 Å². The van der Waals surface area contributed by atoms with Gasteiger partial charge in [-0.15, -0.1) is 0 Å². The zero-order valence-electron chi connectivity index (χ0n) is 9.10. The SMILES string of the molecule is CC(C)NCc1ccc(C(F)(F)F)cc1O.